The molecular weight excluding hydrogens is 287 g/mol. The number of nitrogens with one attached hydrogen (secondary N) is 1. The fraction of sp³-hybridized carbons (Fsp3) is 0.538. The number of methoxy groups -OCH3 is 1. The van der Waals surface area contributed by atoms with Gasteiger partial charge in [-0.3, -0.25) is 4.90 Å². The van der Waals surface area contributed by atoms with E-state index in [1.54, 1.807) is 13.2 Å². The number of ether oxygens (including phenoxy) is 1. The van der Waals surface area contributed by atoms with Crippen LogP contribution in [0.15, 0.2) is 18.2 Å². The van der Waals surface area contributed by atoms with Crippen LogP contribution in [0.5, 0.6) is 11.5 Å². The zero-order chi connectivity index (χ0) is 12.3. The van der Waals surface area contributed by atoms with Gasteiger partial charge in [-0.25, -0.2) is 0 Å². The topological polar surface area (TPSA) is 44.7 Å². The maximum Gasteiger partial charge on any atom is 0.127 e. The highest BCUT2D eigenvalue weighted by atomic mass is 35.5. The number of benzene rings is 1. The molecule has 1 aliphatic rings. The van der Waals surface area contributed by atoms with Gasteiger partial charge >= 0.3 is 0 Å². The first kappa shape index (κ1) is 18.3. The van der Waals surface area contributed by atoms with Gasteiger partial charge in [0.2, 0.25) is 0 Å². The van der Waals surface area contributed by atoms with Crippen molar-refractivity contribution in [1.82, 2.24) is 10.2 Å². The van der Waals surface area contributed by atoms with Gasteiger partial charge in [0, 0.05) is 32.2 Å². The van der Waals surface area contributed by atoms with E-state index in [2.05, 4.69) is 17.1 Å². The highest BCUT2D eigenvalue weighted by Gasteiger charge is 2.23. The first-order valence-electron chi connectivity index (χ1n) is 6.04. The lowest BCUT2D eigenvalue weighted by molar-refractivity contribution is 0.180. The van der Waals surface area contributed by atoms with Crippen molar-refractivity contribution in [1.29, 1.82) is 0 Å². The monoisotopic (exact) mass is 308 g/mol. The van der Waals surface area contributed by atoms with Gasteiger partial charge in [-0.1, -0.05) is 6.07 Å². The van der Waals surface area contributed by atoms with Crippen LogP contribution < -0.4 is 10.1 Å². The molecule has 0 amide bonds. The minimum Gasteiger partial charge on any atom is -0.507 e. The van der Waals surface area contributed by atoms with Crippen LogP contribution in [0.2, 0.25) is 0 Å². The second-order valence-corrected chi connectivity index (χ2v) is 4.36. The molecule has 110 valence electrons. The van der Waals surface area contributed by atoms with E-state index in [0.717, 1.165) is 37.5 Å². The minimum absolute atomic E-state index is 0. The Hall–Kier alpha value is -0.680. The van der Waals surface area contributed by atoms with Crippen molar-refractivity contribution < 1.29 is 9.84 Å². The van der Waals surface area contributed by atoms with E-state index in [1.807, 2.05) is 12.1 Å². The number of phenolic OH excluding ortho intramolecular Hbond substituents is 1. The second-order valence-electron chi connectivity index (χ2n) is 4.36. The van der Waals surface area contributed by atoms with Gasteiger partial charge in [0.15, 0.2) is 0 Å². The van der Waals surface area contributed by atoms with E-state index < -0.39 is 0 Å². The van der Waals surface area contributed by atoms with E-state index in [0.29, 0.717) is 5.75 Å². The predicted octanol–water partition coefficient (Wildman–Crippen LogP) is 2.21. The molecule has 1 saturated heterocycles. The summed E-state index contributed by atoms with van der Waals surface area (Å²) in [7, 11) is 1.64. The molecule has 0 saturated carbocycles. The number of hydrogen-bond donors (Lipinski definition) is 2. The standard InChI is InChI=1S/C13H20N2O2.2ClH/c1-10(15-8-6-14-7-9-15)13-11(16)4-3-5-12(13)17-2;;/h3-5,10,14,16H,6-9H2,1-2H3;2*1H/t10-;;/m1../s1. The van der Waals surface area contributed by atoms with E-state index in [1.165, 1.54) is 0 Å². The molecule has 1 aromatic carbocycles. The Bertz CT molecular complexity index is 385. The van der Waals surface area contributed by atoms with Crippen molar-refractivity contribution in [3.8, 4) is 11.5 Å². The lowest BCUT2D eigenvalue weighted by atomic mass is 10.0. The van der Waals surface area contributed by atoms with Crippen LogP contribution in [0.4, 0.5) is 0 Å². The SMILES string of the molecule is COc1cccc(O)c1[C@@H](C)N1CCNCC1.Cl.Cl. The largest absolute Gasteiger partial charge is 0.507 e. The third kappa shape index (κ3) is 4.14. The Balaban J connectivity index is 0.00000162. The number of halogens is 2. The Labute approximate surface area is 127 Å². The van der Waals surface area contributed by atoms with Gasteiger partial charge in [0.05, 0.1) is 12.7 Å². The lowest BCUT2D eigenvalue weighted by Gasteiger charge is -2.33. The third-order valence-electron chi connectivity index (χ3n) is 3.38. The minimum atomic E-state index is 0. The zero-order valence-electron chi connectivity index (χ0n) is 11.3. The highest BCUT2D eigenvalue weighted by Crippen LogP contribution is 2.36. The number of rotatable bonds is 3. The van der Waals surface area contributed by atoms with Crippen molar-refractivity contribution >= 4 is 24.8 Å². The molecule has 0 spiro atoms. The summed E-state index contributed by atoms with van der Waals surface area (Å²) in [4.78, 5) is 2.36. The smallest absolute Gasteiger partial charge is 0.127 e. The Kier molecular flexibility index (Phi) is 8.18. The first-order chi connectivity index (χ1) is 8.24. The molecule has 2 rings (SSSR count). The number of piperazine rings is 1. The molecule has 6 heteroatoms. The average Bonchev–Trinajstić information content (AvgIpc) is 2.38. The van der Waals surface area contributed by atoms with Crippen LogP contribution in [0, 0.1) is 0 Å². The third-order valence-corrected chi connectivity index (χ3v) is 3.38. The van der Waals surface area contributed by atoms with Crippen LogP contribution in [0.25, 0.3) is 0 Å². The fourth-order valence-electron chi connectivity index (χ4n) is 2.38. The summed E-state index contributed by atoms with van der Waals surface area (Å²) in [5.74, 6) is 1.08. The molecule has 4 nitrogen and oxygen atoms in total. The van der Waals surface area contributed by atoms with Gasteiger partial charge in [0.25, 0.3) is 0 Å². The summed E-state index contributed by atoms with van der Waals surface area (Å²) in [5.41, 5.74) is 0.886. The Morgan fingerprint density at radius 1 is 1.26 bits per heavy atom. The maximum absolute atomic E-state index is 10.0. The van der Waals surface area contributed by atoms with Crippen LogP contribution in [-0.2, 0) is 0 Å². The molecule has 1 aromatic rings. The summed E-state index contributed by atoms with van der Waals surface area (Å²) in [6.45, 7) is 6.11. The first-order valence-corrected chi connectivity index (χ1v) is 6.04. The van der Waals surface area contributed by atoms with Crippen molar-refractivity contribution in [3.05, 3.63) is 23.8 Å². The van der Waals surface area contributed by atoms with Crippen molar-refractivity contribution in [2.75, 3.05) is 33.3 Å². The molecule has 1 atom stereocenters. The predicted molar refractivity (Wildman–Crippen MR) is 82.0 cm³/mol. The van der Waals surface area contributed by atoms with Crippen LogP contribution in [-0.4, -0.2) is 43.3 Å². The van der Waals surface area contributed by atoms with Crippen molar-refractivity contribution in [2.24, 2.45) is 0 Å². The van der Waals surface area contributed by atoms with Crippen LogP contribution in [0.3, 0.4) is 0 Å². The molecule has 0 bridgehead atoms. The van der Waals surface area contributed by atoms with E-state index in [-0.39, 0.29) is 30.9 Å². The molecule has 19 heavy (non-hydrogen) atoms. The Morgan fingerprint density at radius 3 is 2.47 bits per heavy atom. The van der Waals surface area contributed by atoms with Crippen LogP contribution in [0.1, 0.15) is 18.5 Å². The summed E-state index contributed by atoms with van der Waals surface area (Å²) in [6.07, 6.45) is 0. The van der Waals surface area contributed by atoms with E-state index >= 15 is 0 Å². The molecule has 1 fully saturated rings. The van der Waals surface area contributed by atoms with Gasteiger partial charge in [0.1, 0.15) is 11.5 Å². The number of hydrogen-bond acceptors (Lipinski definition) is 4. The average molecular weight is 309 g/mol. The fourth-order valence-corrected chi connectivity index (χ4v) is 2.38. The number of nitrogens with zero attached hydrogens (tertiary/aromatic N) is 1. The summed E-state index contributed by atoms with van der Waals surface area (Å²) in [6, 6.07) is 5.60. The molecule has 0 aliphatic carbocycles. The summed E-state index contributed by atoms with van der Waals surface area (Å²) in [5, 5.41) is 13.3. The molecule has 1 heterocycles. The van der Waals surface area contributed by atoms with Gasteiger partial charge in [-0.05, 0) is 19.1 Å². The molecule has 0 aromatic heterocycles. The van der Waals surface area contributed by atoms with Crippen molar-refractivity contribution in [2.45, 2.75) is 13.0 Å². The normalized spacial score (nSPS) is 16.9. The Morgan fingerprint density at radius 2 is 1.89 bits per heavy atom. The van der Waals surface area contributed by atoms with E-state index in [4.69, 9.17) is 4.74 Å². The second kappa shape index (κ2) is 8.48. The molecule has 0 radical (unpaired) electrons. The van der Waals surface area contributed by atoms with E-state index in [9.17, 15) is 5.11 Å². The van der Waals surface area contributed by atoms with Crippen LogP contribution >= 0.6 is 24.8 Å². The summed E-state index contributed by atoms with van der Waals surface area (Å²) >= 11 is 0. The molecular formula is C13H22Cl2N2O2. The van der Waals surface area contributed by atoms with Gasteiger partial charge < -0.3 is 15.2 Å². The van der Waals surface area contributed by atoms with Crippen molar-refractivity contribution in [3.63, 3.8) is 0 Å². The molecule has 1 aliphatic heterocycles. The highest BCUT2D eigenvalue weighted by molar-refractivity contribution is 5.85. The summed E-state index contributed by atoms with van der Waals surface area (Å²) < 4.78 is 5.34. The molecule has 2 N–H and O–H groups in total. The quantitative estimate of drug-likeness (QED) is 0.898. The van der Waals surface area contributed by atoms with Gasteiger partial charge in [-0.2, -0.15) is 0 Å². The lowest BCUT2D eigenvalue weighted by Crippen LogP contribution is -2.44. The number of aromatic hydroxyl groups is 1. The maximum atomic E-state index is 10.0. The zero-order valence-corrected chi connectivity index (χ0v) is 12.9. The van der Waals surface area contributed by atoms with Gasteiger partial charge in [-0.15, -0.1) is 24.8 Å². The molecule has 0 unspecified atom stereocenters. The number of phenols is 1.